The van der Waals surface area contributed by atoms with Gasteiger partial charge in [-0.3, -0.25) is 4.79 Å². The number of amides is 1. The second-order valence-electron chi connectivity index (χ2n) is 7.41. The van der Waals surface area contributed by atoms with E-state index in [0.717, 1.165) is 58.6 Å². The van der Waals surface area contributed by atoms with Crippen LogP contribution >= 0.6 is 11.3 Å². The number of ether oxygens (including phenoxy) is 3. The first-order chi connectivity index (χ1) is 13.2. The largest absolute Gasteiger partial charge is 0.494 e. The van der Waals surface area contributed by atoms with Gasteiger partial charge in [-0.15, -0.1) is 11.3 Å². The maximum Gasteiger partial charge on any atom is 0.230 e. The third-order valence-corrected chi connectivity index (χ3v) is 7.10. The third kappa shape index (κ3) is 3.32. The second-order valence-corrected chi connectivity index (χ2v) is 8.41. The van der Waals surface area contributed by atoms with E-state index in [2.05, 4.69) is 6.07 Å². The number of carbonyl (C=O) groups is 1. The molecule has 1 aromatic carbocycles. The molecule has 6 nitrogen and oxygen atoms in total. The molecule has 1 aliphatic heterocycles. The van der Waals surface area contributed by atoms with Crippen LogP contribution in [-0.4, -0.2) is 44.4 Å². The first-order valence-corrected chi connectivity index (χ1v) is 10.4. The van der Waals surface area contributed by atoms with Gasteiger partial charge in [0.05, 0.1) is 38.2 Å². The standard InChI is InChI=1S/C20H26N2O4S/c1-24-15-6-5-14(13-11-25-9-10-26-12-13)17-16(15)22-19(27-17)20(18(21)23)7-3-2-4-8-20/h5-6,13H,2-4,7-12H2,1H3,(H2,21,23). The van der Waals surface area contributed by atoms with Gasteiger partial charge in [-0.1, -0.05) is 25.3 Å². The number of primary amides is 1. The minimum absolute atomic E-state index is 0.144. The number of nitrogens with zero attached hydrogens (tertiary/aromatic N) is 1. The lowest BCUT2D eigenvalue weighted by atomic mass is 9.74. The third-order valence-electron chi connectivity index (χ3n) is 5.79. The molecule has 2 N–H and O–H groups in total. The summed E-state index contributed by atoms with van der Waals surface area (Å²) in [7, 11) is 1.65. The van der Waals surface area contributed by atoms with Gasteiger partial charge in [0.1, 0.15) is 21.7 Å². The lowest BCUT2D eigenvalue weighted by Gasteiger charge is -2.32. The highest BCUT2D eigenvalue weighted by molar-refractivity contribution is 7.19. The van der Waals surface area contributed by atoms with Crippen molar-refractivity contribution in [3.63, 3.8) is 0 Å². The highest BCUT2D eigenvalue weighted by Crippen LogP contribution is 2.45. The summed E-state index contributed by atoms with van der Waals surface area (Å²) in [5.74, 6) is 0.607. The van der Waals surface area contributed by atoms with Crippen molar-refractivity contribution in [2.24, 2.45) is 5.73 Å². The molecule has 2 fully saturated rings. The summed E-state index contributed by atoms with van der Waals surface area (Å²) in [6, 6.07) is 4.02. The van der Waals surface area contributed by atoms with Gasteiger partial charge in [0.25, 0.3) is 0 Å². The fourth-order valence-electron chi connectivity index (χ4n) is 4.21. The van der Waals surface area contributed by atoms with E-state index in [1.165, 1.54) is 0 Å². The molecule has 2 aliphatic rings. The number of nitrogens with two attached hydrogens (primary N) is 1. The Kier molecular flexibility index (Phi) is 5.34. The molecule has 1 aliphatic carbocycles. The van der Waals surface area contributed by atoms with E-state index in [0.29, 0.717) is 26.4 Å². The fourth-order valence-corrected chi connectivity index (χ4v) is 5.64. The molecule has 0 spiro atoms. The molecule has 7 heteroatoms. The first kappa shape index (κ1) is 18.7. The molecule has 27 heavy (non-hydrogen) atoms. The monoisotopic (exact) mass is 390 g/mol. The zero-order chi connectivity index (χ0) is 18.9. The van der Waals surface area contributed by atoms with E-state index < -0.39 is 5.41 Å². The smallest absolute Gasteiger partial charge is 0.230 e. The molecule has 2 aromatic rings. The number of hydrogen-bond donors (Lipinski definition) is 1. The molecule has 1 amide bonds. The Morgan fingerprint density at radius 2 is 1.93 bits per heavy atom. The zero-order valence-corrected chi connectivity index (χ0v) is 16.5. The summed E-state index contributed by atoms with van der Waals surface area (Å²) in [5.41, 5.74) is 7.19. The molecular weight excluding hydrogens is 364 g/mol. The molecular formula is C20H26N2O4S. The number of benzene rings is 1. The van der Waals surface area contributed by atoms with Crippen LogP contribution in [0.25, 0.3) is 10.2 Å². The van der Waals surface area contributed by atoms with Crippen LogP contribution in [0.3, 0.4) is 0 Å². The number of hydrogen-bond acceptors (Lipinski definition) is 6. The molecule has 4 rings (SSSR count). The number of thiazole rings is 1. The average Bonchev–Trinajstić information content (AvgIpc) is 2.97. The summed E-state index contributed by atoms with van der Waals surface area (Å²) in [4.78, 5) is 17.3. The minimum atomic E-state index is -0.652. The van der Waals surface area contributed by atoms with Gasteiger partial charge in [-0.2, -0.15) is 0 Å². The first-order valence-electron chi connectivity index (χ1n) is 9.59. The van der Waals surface area contributed by atoms with Crippen LogP contribution in [0.4, 0.5) is 0 Å². The second kappa shape index (κ2) is 7.73. The summed E-state index contributed by atoms with van der Waals surface area (Å²) >= 11 is 1.58. The van der Waals surface area contributed by atoms with Gasteiger partial charge in [-0.05, 0) is 24.5 Å². The predicted octanol–water partition coefficient (Wildman–Crippen LogP) is 3.12. The van der Waals surface area contributed by atoms with Crippen molar-refractivity contribution in [3.05, 3.63) is 22.7 Å². The highest BCUT2D eigenvalue weighted by atomic mass is 32.1. The van der Waals surface area contributed by atoms with Crippen molar-refractivity contribution >= 4 is 27.5 Å². The Morgan fingerprint density at radius 1 is 1.22 bits per heavy atom. The van der Waals surface area contributed by atoms with Crippen molar-refractivity contribution in [3.8, 4) is 5.75 Å². The van der Waals surface area contributed by atoms with E-state index in [-0.39, 0.29) is 11.8 Å². The minimum Gasteiger partial charge on any atom is -0.494 e. The van der Waals surface area contributed by atoms with E-state index in [1.54, 1.807) is 18.4 Å². The lowest BCUT2D eigenvalue weighted by Crippen LogP contribution is -2.42. The van der Waals surface area contributed by atoms with Gasteiger partial charge in [-0.25, -0.2) is 4.98 Å². The average molecular weight is 391 g/mol. The van der Waals surface area contributed by atoms with E-state index in [1.807, 2.05) is 6.07 Å². The van der Waals surface area contributed by atoms with Crippen LogP contribution in [-0.2, 0) is 19.7 Å². The van der Waals surface area contributed by atoms with Gasteiger partial charge in [0, 0.05) is 5.92 Å². The Morgan fingerprint density at radius 3 is 2.56 bits per heavy atom. The van der Waals surface area contributed by atoms with E-state index >= 15 is 0 Å². The van der Waals surface area contributed by atoms with Crippen LogP contribution in [0.15, 0.2) is 12.1 Å². The van der Waals surface area contributed by atoms with Crippen LogP contribution in [0, 0.1) is 0 Å². The summed E-state index contributed by atoms with van der Waals surface area (Å²) < 4.78 is 18.0. The number of methoxy groups -OCH3 is 1. The van der Waals surface area contributed by atoms with Crippen LogP contribution in [0.1, 0.15) is 48.6 Å². The summed E-state index contributed by atoms with van der Waals surface area (Å²) in [6.07, 6.45) is 4.70. The van der Waals surface area contributed by atoms with Crippen molar-refractivity contribution in [2.45, 2.75) is 43.4 Å². The molecule has 0 unspecified atom stereocenters. The van der Waals surface area contributed by atoms with Crippen LogP contribution in [0.5, 0.6) is 5.75 Å². The molecule has 0 radical (unpaired) electrons. The lowest BCUT2D eigenvalue weighted by molar-refractivity contribution is -0.124. The van der Waals surface area contributed by atoms with Crippen molar-refractivity contribution in [1.29, 1.82) is 0 Å². The van der Waals surface area contributed by atoms with Crippen LogP contribution < -0.4 is 10.5 Å². The fraction of sp³-hybridized carbons (Fsp3) is 0.600. The predicted molar refractivity (Wildman–Crippen MR) is 105 cm³/mol. The normalized spacial score (nSPS) is 21.1. The molecule has 1 aromatic heterocycles. The van der Waals surface area contributed by atoms with Gasteiger partial charge >= 0.3 is 0 Å². The molecule has 0 atom stereocenters. The van der Waals surface area contributed by atoms with Gasteiger partial charge in [0.2, 0.25) is 5.91 Å². The Balaban J connectivity index is 1.84. The van der Waals surface area contributed by atoms with Gasteiger partial charge in [0.15, 0.2) is 0 Å². The summed E-state index contributed by atoms with van der Waals surface area (Å²) in [6.45, 7) is 2.48. The van der Waals surface area contributed by atoms with Gasteiger partial charge < -0.3 is 19.9 Å². The highest BCUT2D eigenvalue weighted by Gasteiger charge is 2.43. The maximum absolute atomic E-state index is 12.5. The SMILES string of the molecule is COc1ccc(C2COCCOC2)c2sc(C3(C(N)=O)CCCCC3)nc12. The Hall–Kier alpha value is -1.70. The Labute approximate surface area is 163 Å². The zero-order valence-electron chi connectivity index (χ0n) is 15.7. The summed E-state index contributed by atoms with van der Waals surface area (Å²) in [5, 5.41) is 0.825. The van der Waals surface area contributed by atoms with Crippen molar-refractivity contribution in [2.75, 3.05) is 33.5 Å². The van der Waals surface area contributed by atoms with Crippen molar-refractivity contribution < 1.29 is 19.0 Å². The van der Waals surface area contributed by atoms with E-state index in [9.17, 15) is 4.79 Å². The molecule has 146 valence electrons. The number of carbonyl (C=O) groups excluding carboxylic acids is 1. The van der Waals surface area contributed by atoms with E-state index in [4.69, 9.17) is 24.9 Å². The molecule has 1 saturated carbocycles. The number of rotatable bonds is 4. The van der Waals surface area contributed by atoms with Crippen LogP contribution in [0.2, 0.25) is 0 Å². The molecule has 2 heterocycles. The molecule has 1 saturated heterocycles. The van der Waals surface area contributed by atoms with Crippen molar-refractivity contribution in [1.82, 2.24) is 4.98 Å². The number of aromatic nitrogens is 1. The quantitative estimate of drug-likeness (QED) is 0.867. The topological polar surface area (TPSA) is 83.7 Å². The maximum atomic E-state index is 12.5. The Bertz CT molecular complexity index is 821. The number of fused-ring (bicyclic) bond motifs is 1. The molecule has 0 bridgehead atoms.